The molecule has 4 heterocycles. The number of amides is 1. The van der Waals surface area contributed by atoms with Crippen LogP contribution in [0.15, 0.2) is 54.9 Å². The van der Waals surface area contributed by atoms with Crippen molar-refractivity contribution in [3.8, 4) is 11.4 Å². The van der Waals surface area contributed by atoms with Crippen LogP contribution < -0.4 is 10.2 Å². The molecule has 9 nitrogen and oxygen atoms in total. The molecule has 1 saturated heterocycles. The third-order valence-electron chi connectivity index (χ3n) is 6.23. The molecule has 0 aliphatic carbocycles. The average molecular weight is 471 g/mol. The van der Waals surface area contributed by atoms with Gasteiger partial charge in [-0.15, -0.1) is 5.10 Å². The van der Waals surface area contributed by atoms with Crippen LogP contribution in [-0.2, 0) is 4.79 Å². The van der Waals surface area contributed by atoms with Gasteiger partial charge in [-0.25, -0.2) is 4.98 Å². The fourth-order valence-electron chi connectivity index (χ4n) is 4.38. The van der Waals surface area contributed by atoms with Crippen LogP contribution in [0.25, 0.3) is 17.2 Å². The number of piperazine rings is 1. The van der Waals surface area contributed by atoms with Gasteiger partial charge in [0.05, 0.1) is 0 Å². The van der Waals surface area contributed by atoms with Gasteiger partial charge in [0, 0.05) is 74.5 Å². The lowest BCUT2D eigenvalue weighted by molar-refractivity contribution is -0.131. The maximum atomic E-state index is 12.8. The second-order valence-electron chi connectivity index (χ2n) is 8.91. The topological polar surface area (TPSA) is 91.5 Å². The first-order valence-electron chi connectivity index (χ1n) is 12.0. The molecule has 1 aliphatic heterocycles. The summed E-state index contributed by atoms with van der Waals surface area (Å²) in [6.07, 6.45) is 4.72. The Balaban J connectivity index is 1.14. The van der Waals surface area contributed by atoms with Gasteiger partial charge in [0.1, 0.15) is 5.82 Å². The summed E-state index contributed by atoms with van der Waals surface area (Å²) in [7, 11) is 0. The number of nitrogens with one attached hydrogen (secondary N) is 1. The third kappa shape index (κ3) is 5.24. The number of nitrogens with zero attached hydrogens (tertiary/aromatic N) is 7. The first-order chi connectivity index (χ1) is 17.1. The number of hydrogen-bond acceptors (Lipinski definition) is 7. The number of carbonyl (C=O) groups excluding carboxylic acids is 1. The molecule has 1 N–H and O–H groups in total. The van der Waals surface area contributed by atoms with Crippen molar-refractivity contribution in [2.45, 2.75) is 26.7 Å². The summed E-state index contributed by atoms with van der Waals surface area (Å²) in [6.45, 7) is 7.97. The van der Waals surface area contributed by atoms with Crippen molar-refractivity contribution < 1.29 is 4.79 Å². The van der Waals surface area contributed by atoms with Gasteiger partial charge in [-0.1, -0.05) is 12.1 Å². The van der Waals surface area contributed by atoms with Crippen LogP contribution in [0, 0.1) is 13.8 Å². The molecule has 35 heavy (non-hydrogen) atoms. The number of aryl methyl sites for hydroxylation is 2. The van der Waals surface area contributed by atoms with Gasteiger partial charge >= 0.3 is 0 Å². The van der Waals surface area contributed by atoms with E-state index in [1.807, 2.05) is 30.0 Å². The summed E-state index contributed by atoms with van der Waals surface area (Å²) >= 11 is 0. The molecule has 4 aromatic rings. The molecule has 0 saturated carbocycles. The maximum Gasteiger partial charge on any atom is 0.254 e. The molecule has 1 fully saturated rings. The number of anilines is 2. The molecule has 0 radical (unpaired) electrons. The van der Waals surface area contributed by atoms with Crippen LogP contribution >= 0.6 is 0 Å². The zero-order valence-corrected chi connectivity index (χ0v) is 20.2. The Morgan fingerprint density at radius 1 is 1.03 bits per heavy atom. The van der Waals surface area contributed by atoms with E-state index in [0.717, 1.165) is 49.7 Å². The van der Waals surface area contributed by atoms with E-state index in [0.29, 0.717) is 24.6 Å². The number of hydrogen-bond donors (Lipinski definition) is 1. The second kappa shape index (κ2) is 10.1. The van der Waals surface area contributed by atoms with E-state index in [1.165, 1.54) is 11.3 Å². The van der Waals surface area contributed by atoms with Gasteiger partial charge in [-0.3, -0.25) is 9.78 Å². The van der Waals surface area contributed by atoms with Crippen molar-refractivity contribution in [3.05, 3.63) is 66.1 Å². The highest BCUT2D eigenvalue weighted by Gasteiger charge is 2.21. The molecule has 1 aromatic carbocycles. The molecule has 180 valence electrons. The number of fused-ring (bicyclic) bond motifs is 1. The number of pyridine rings is 1. The SMILES string of the molecule is Cc1cccc(N2CCN(C(=O)CCCNc3cc(C)nc4nc(-c5cccnc5)nn34)CC2)c1. The Kier molecular flexibility index (Phi) is 6.56. The monoisotopic (exact) mass is 470 g/mol. The Bertz CT molecular complexity index is 1310. The van der Waals surface area contributed by atoms with Gasteiger partial charge in [0.15, 0.2) is 5.82 Å². The maximum absolute atomic E-state index is 12.8. The highest BCUT2D eigenvalue weighted by atomic mass is 16.2. The van der Waals surface area contributed by atoms with Crippen LogP contribution in [-0.4, -0.2) is 68.1 Å². The number of rotatable bonds is 7. The summed E-state index contributed by atoms with van der Waals surface area (Å²) in [6, 6.07) is 14.3. The zero-order chi connectivity index (χ0) is 24.2. The van der Waals surface area contributed by atoms with Crippen LogP contribution in [0.3, 0.4) is 0 Å². The molecule has 3 aromatic heterocycles. The van der Waals surface area contributed by atoms with E-state index in [9.17, 15) is 4.79 Å². The minimum absolute atomic E-state index is 0.214. The van der Waals surface area contributed by atoms with Gasteiger partial charge in [0.25, 0.3) is 5.78 Å². The van der Waals surface area contributed by atoms with Crippen LogP contribution in [0.1, 0.15) is 24.1 Å². The Labute approximate surface area is 204 Å². The summed E-state index contributed by atoms with van der Waals surface area (Å²) in [5.74, 6) is 2.15. The van der Waals surface area contributed by atoms with Gasteiger partial charge in [0.2, 0.25) is 5.91 Å². The van der Waals surface area contributed by atoms with E-state index >= 15 is 0 Å². The molecule has 1 amide bonds. The van der Waals surface area contributed by atoms with Gasteiger partial charge in [-0.05, 0) is 50.1 Å². The first kappa shape index (κ1) is 22.8. The molecule has 0 atom stereocenters. The van der Waals surface area contributed by atoms with E-state index in [1.54, 1.807) is 16.9 Å². The van der Waals surface area contributed by atoms with E-state index < -0.39 is 0 Å². The average Bonchev–Trinajstić information content (AvgIpc) is 3.31. The van der Waals surface area contributed by atoms with Crippen LogP contribution in [0.4, 0.5) is 11.5 Å². The molecule has 5 rings (SSSR count). The summed E-state index contributed by atoms with van der Waals surface area (Å²) in [5, 5.41) is 8.02. The van der Waals surface area contributed by atoms with E-state index in [2.05, 4.69) is 61.5 Å². The zero-order valence-electron chi connectivity index (χ0n) is 20.2. The van der Waals surface area contributed by atoms with Crippen molar-refractivity contribution in [1.82, 2.24) is 29.5 Å². The fourth-order valence-corrected chi connectivity index (χ4v) is 4.38. The largest absolute Gasteiger partial charge is 0.370 e. The van der Waals surface area contributed by atoms with Gasteiger partial charge < -0.3 is 15.1 Å². The van der Waals surface area contributed by atoms with E-state index in [4.69, 9.17) is 0 Å². The van der Waals surface area contributed by atoms with E-state index in [-0.39, 0.29) is 5.91 Å². The molecule has 0 bridgehead atoms. The van der Waals surface area contributed by atoms with Crippen molar-refractivity contribution in [2.24, 2.45) is 0 Å². The molecular formula is C26H30N8O. The standard InChI is InChI=1S/C26H30N8O/c1-19-6-3-8-22(16-19)32-12-14-33(15-13-32)24(35)9-5-11-28-23-17-20(2)29-26-30-25(31-34(23)26)21-7-4-10-27-18-21/h3-4,6-8,10,16-18,28H,5,9,11-15H2,1-2H3. The lowest BCUT2D eigenvalue weighted by Gasteiger charge is -2.36. The quantitative estimate of drug-likeness (QED) is 0.414. The summed E-state index contributed by atoms with van der Waals surface area (Å²) in [4.78, 5) is 30.3. The number of carbonyl (C=O) groups is 1. The van der Waals surface area contributed by atoms with Crippen molar-refractivity contribution in [3.63, 3.8) is 0 Å². The lowest BCUT2D eigenvalue weighted by Crippen LogP contribution is -2.48. The molecule has 1 aliphatic rings. The highest BCUT2D eigenvalue weighted by molar-refractivity contribution is 5.76. The van der Waals surface area contributed by atoms with Crippen molar-refractivity contribution in [2.75, 3.05) is 42.9 Å². The predicted octanol–water partition coefficient (Wildman–Crippen LogP) is 3.34. The van der Waals surface area contributed by atoms with Crippen molar-refractivity contribution >= 4 is 23.2 Å². The van der Waals surface area contributed by atoms with Crippen LogP contribution in [0.5, 0.6) is 0 Å². The lowest BCUT2D eigenvalue weighted by atomic mass is 10.2. The normalized spacial score (nSPS) is 13.9. The van der Waals surface area contributed by atoms with Gasteiger partial charge in [-0.2, -0.15) is 9.50 Å². The highest BCUT2D eigenvalue weighted by Crippen LogP contribution is 2.19. The van der Waals surface area contributed by atoms with Crippen molar-refractivity contribution in [1.29, 1.82) is 0 Å². The Hall–Kier alpha value is -4.01. The third-order valence-corrected chi connectivity index (χ3v) is 6.23. The smallest absolute Gasteiger partial charge is 0.254 e. The summed E-state index contributed by atoms with van der Waals surface area (Å²) < 4.78 is 1.71. The Morgan fingerprint density at radius 2 is 1.89 bits per heavy atom. The molecule has 9 heteroatoms. The molecular weight excluding hydrogens is 440 g/mol. The predicted molar refractivity (Wildman–Crippen MR) is 136 cm³/mol. The minimum Gasteiger partial charge on any atom is -0.370 e. The minimum atomic E-state index is 0.214. The summed E-state index contributed by atoms with van der Waals surface area (Å²) in [5.41, 5.74) is 4.19. The Morgan fingerprint density at radius 3 is 2.66 bits per heavy atom. The number of aromatic nitrogens is 5. The second-order valence-corrected chi connectivity index (χ2v) is 8.91. The fraction of sp³-hybridized carbons (Fsp3) is 0.346. The molecule has 0 unspecified atom stereocenters. The molecule has 0 spiro atoms. The van der Waals surface area contributed by atoms with Crippen LogP contribution in [0.2, 0.25) is 0 Å². The first-order valence-corrected chi connectivity index (χ1v) is 12.0. The number of benzene rings is 1.